The highest BCUT2D eigenvalue weighted by Gasteiger charge is 2.13. The summed E-state index contributed by atoms with van der Waals surface area (Å²) in [6.07, 6.45) is 1.29. The number of hydrogen-bond acceptors (Lipinski definition) is 6. The number of hydrogen-bond donors (Lipinski definition) is 1. The van der Waals surface area contributed by atoms with Crippen LogP contribution in [-0.2, 0) is 9.53 Å². The minimum absolute atomic E-state index is 0.103. The van der Waals surface area contributed by atoms with Gasteiger partial charge in [-0.05, 0) is 51.8 Å². The minimum atomic E-state index is -0.829. The van der Waals surface area contributed by atoms with Gasteiger partial charge in [-0.25, -0.2) is 14.6 Å². The summed E-state index contributed by atoms with van der Waals surface area (Å²) in [6.45, 7) is -0.311. The fraction of sp³-hybridized carbons (Fsp3) is 0.111. The number of ether oxygens (including phenoxy) is 2. The maximum Gasteiger partial charge on any atom is 0.343 e. The van der Waals surface area contributed by atoms with Crippen molar-refractivity contribution in [2.75, 3.05) is 13.7 Å². The smallest absolute Gasteiger partial charge is 0.343 e. The number of carbonyl (C=O) groups excluding carboxylic acids is 2. The molecule has 0 saturated heterocycles. The number of carbonyl (C=O) groups is 2. The van der Waals surface area contributed by atoms with E-state index in [2.05, 4.69) is 31.2 Å². The van der Waals surface area contributed by atoms with Crippen LogP contribution in [0.5, 0.6) is 5.75 Å². The van der Waals surface area contributed by atoms with Crippen molar-refractivity contribution in [3.63, 3.8) is 0 Å². The molecule has 0 radical (unpaired) electrons. The summed E-state index contributed by atoms with van der Waals surface area (Å²) in [5.74, 6) is -1.93. The summed E-state index contributed by atoms with van der Waals surface area (Å²) in [5, 5.41) is 12.7. The molecule has 1 amide bonds. The van der Waals surface area contributed by atoms with Crippen LogP contribution in [0.1, 0.15) is 21.5 Å². The van der Waals surface area contributed by atoms with Gasteiger partial charge in [0.1, 0.15) is 5.82 Å². The second-order valence-electron chi connectivity index (χ2n) is 5.18. The molecule has 0 aliphatic rings. The van der Waals surface area contributed by atoms with E-state index in [0.717, 1.165) is 6.07 Å². The predicted octanol–water partition coefficient (Wildman–Crippen LogP) is 3.43. The lowest BCUT2D eigenvalue weighted by Crippen LogP contribution is -2.19. The molecule has 0 atom stereocenters. The third-order valence-electron chi connectivity index (χ3n) is 3.31. The molecule has 0 aliphatic heterocycles. The van der Waals surface area contributed by atoms with Gasteiger partial charge in [0.25, 0.3) is 5.91 Å². The maximum atomic E-state index is 13.8. The molecule has 0 bridgehead atoms. The fourth-order valence-corrected chi connectivity index (χ4v) is 2.97. The zero-order valence-electron chi connectivity index (χ0n) is 14.3. The van der Waals surface area contributed by atoms with Crippen molar-refractivity contribution < 1.29 is 23.5 Å². The Kier molecular flexibility index (Phi) is 7.49. The van der Waals surface area contributed by atoms with E-state index in [1.165, 1.54) is 31.5 Å². The lowest BCUT2D eigenvalue weighted by atomic mass is 10.1. The zero-order chi connectivity index (χ0) is 20.7. The molecule has 10 heteroatoms. The van der Waals surface area contributed by atoms with Crippen LogP contribution in [0, 0.1) is 17.1 Å². The number of nitrogens with zero attached hydrogens (tertiary/aromatic N) is 2. The quantitative estimate of drug-likeness (QED) is 0.398. The fourth-order valence-electron chi connectivity index (χ4n) is 1.98. The number of benzene rings is 2. The molecule has 0 spiro atoms. The Morgan fingerprint density at radius 3 is 2.75 bits per heavy atom. The lowest BCUT2D eigenvalue weighted by molar-refractivity contribution is -0.142. The predicted molar refractivity (Wildman–Crippen MR) is 103 cm³/mol. The zero-order valence-corrected chi connectivity index (χ0v) is 16.7. The van der Waals surface area contributed by atoms with E-state index in [-0.39, 0.29) is 28.5 Å². The lowest BCUT2D eigenvalue weighted by Gasteiger charge is -2.10. The van der Waals surface area contributed by atoms with Crippen LogP contribution in [-0.4, -0.2) is 31.8 Å². The minimum Gasteiger partial charge on any atom is -0.479 e. The highest BCUT2D eigenvalue weighted by Crippen LogP contribution is 2.34. The maximum absolute atomic E-state index is 13.8. The van der Waals surface area contributed by atoms with Crippen LogP contribution < -0.4 is 10.2 Å². The number of amides is 1. The molecule has 1 N–H and O–H groups in total. The number of halogens is 3. The highest BCUT2D eigenvalue weighted by atomic mass is 79.9. The summed E-state index contributed by atoms with van der Waals surface area (Å²) in [7, 11) is 1.24. The summed E-state index contributed by atoms with van der Waals surface area (Å²) < 4.78 is 24.0. The van der Waals surface area contributed by atoms with Crippen molar-refractivity contribution in [1.82, 2.24) is 5.43 Å². The van der Waals surface area contributed by atoms with Crippen molar-refractivity contribution in [3.8, 4) is 11.8 Å². The molecule has 0 saturated carbocycles. The van der Waals surface area contributed by atoms with E-state index in [1.807, 2.05) is 0 Å². The van der Waals surface area contributed by atoms with Crippen LogP contribution in [0.2, 0.25) is 5.02 Å². The summed E-state index contributed by atoms with van der Waals surface area (Å²) >= 11 is 9.38. The van der Waals surface area contributed by atoms with Crippen LogP contribution in [0.3, 0.4) is 0 Å². The second-order valence-corrected chi connectivity index (χ2v) is 6.45. The highest BCUT2D eigenvalue weighted by molar-refractivity contribution is 9.10. The number of methoxy groups -OCH3 is 1. The molecule has 2 aromatic carbocycles. The molecular weight excluding hydrogens is 457 g/mol. The van der Waals surface area contributed by atoms with E-state index in [0.29, 0.717) is 10.0 Å². The molecule has 0 aliphatic carbocycles. The average Bonchev–Trinajstić information content (AvgIpc) is 2.66. The summed E-state index contributed by atoms with van der Waals surface area (Å²) in [4.78, 5) is 23.1. The van der Waals surface area contributed by atoms with Crippen LogP contribution >= 0.6 is 27.5 Å². The van der Waals surface area contributed by atoms with Gasteiger partial charge >= 0.3 is 5.97 Å². The monoisotopic (exact) mass is 467 g/mol. The average molecular weight is 469 g/mol. The Morgan fingerprint density at radius 1 is 1.39 bits per heavy atom. The van der Waals surface area contributed by atoms with Crippen molar-refractivity contribution in [2.24, 2.45) is 5.10 Å². The molecular formula is C18H12BrClFN3O4. The number of hydrazone groups is 1. The number of rotatable bonds is 6. The SMILES string of the molecule is COC(=O)COc1c(Cl)cc(/C=N\NC(=O)c2ccc(C#N)cc2F)cc1Br. The van der Waals surface area contributed by atoms with Crippen LogP contribution in [0.25, 0.3) is 0 Å². The third-order valence-corrected chi connectivity index (χ3v) is 4.17. The standard InChI is InChI=1S/C18H12BrClFN3O4/c1-27-16(25)9-28-17-13(19)4-11(5-14(17)20)8-23-24-18(26)12-3-2-10(7-22)6-15(12)21/h2-6,8H,9H2,1H3,(H,24,26)/b23-8-. The van der Waals surface area contributed by atoms with Gasteiger partial charge in [-0.2, -0.15) is 10.4 Å². The van der Waals surface area contributed by atoms with Gasteiger partial charge in [-0.1, -0.05) is 11.6 Å². The Balaban J connectivity index is 2.07. The first-order chi connectivity index (χ1) is 13.3. The first-order valence-corrected chi connectivity index (χ1v) is 8.74. The number of nitrogens with one attached hydrogen (secondary N) is 1. The first kappa shape index (κ1) is 21.3. The van der Waals surface area contributed by atoms with Gasteiger partial charge in [-0.3, -0.25) is 4.79 Å². The Labute approximate surface area is 172 Å². The Hall–Kier alpha value is -2.96. The molecule has 0 fully saturated rings. The third kappa shape index (κ3) is 5.52. The van der Waals surface area contributed by atoms with Crippen LogP contribution in [0.15, 0.2) is 39.9 Å². The summed E-state index contributed by atoms with van der Waals surface area (Å²) in [5.41, 5.74) is 2.54. The molecule has 28 heavy (non-hydrogen) atoms. The second kappa shape index (κ2) is 9.82. The van der Waals surface area contributed by atoms with E-state index in [9.17, 15) is 14.0 Å². The normalized spacial score (nSPS) is 10.4. The largest absolute Gasteiger partial charge is 0.479 e. The molecule has 0 aromatic heterocycles. The van der Waals surface area contributed by atoms with Crippen molar-refractivity contribution in [2.45, 2.75) is 0 Å². The van der Waals surface area contributed by atoms with Crippen molar-refractivity contribution >= 4 is 45.6 Å². The Morgan fingerprint density at radius 2 is 2.14 bits per heavy atom. The van der Waals surface area contributed by atoms with Crippen molar-refractivity contribution in [3.05, 3.63) is 62.3 Å². The van der Waals surface area contributed by atoms with Crippen molar-refractivity contribution in [1.29, 1.82) is 5.26 Å². The van der Waals surface area contributed by atoms with Gasteiger partial charge in [-0.15, -0.1) is 0 Å². The van der Waals surface area contributed by atoms with Gasteiger partial charge in [0.15, 0.2) is 12.4 Å². The first-order valence-electron chi connectivity index (χ1n) is 7.57. The van der Waals surface area contributed by atoms with Gasteiger partial charge < -0.3 is 9.47 Å². The molecule has 2 rings (SSSR count). The number of esters is 1. The van der Waals surface area contributed by atoms with Gasteiger partial charge in [0.05, 0.1) is 40.0 Å². The van der Waals surface area contributed by atoms with Gasteiger partial charge in [0, 0.05) is 0 Å². The van der Waals surface area contributed by atoms with Gasteiger partial charge in [0.2, 0.25) is 0 Å². The van der Waals surface area contributed by atoms with E-state index in [4.69, 9.17) is 21.6 Å². The summed E-state index contributed by atoms with van der Waals surface area (Å²) in [6, 6.07) is 8.35. The molecule has 144 valence electrons. The number of nitriles is 1. The van der Waals surface area contributed by atoms with E-state index in [1.54, 1.807) is 12.1 Å². The van der Waals surface area contributed by atoms with E-state index < -0.39 is 17.7 Å². The van der Waals surface area contributed by atoms with E-state index >= 15 is 0 Å². The molecule has 2 aromatic rings. The topological polar surface area (TPSA) is 101 Å². The molecule has 0 heterocycles. The molecule has 7 nitrogen and oxygen atoms in total. The van der Waals surface area contributed by atoms with Crippen LogP contribution in [0.4, 0.5) is 4.39 Å². The Bertz CT molecular complexity index is 968. The molecule has 0 unspecified atom stereocenters.